The molecule has 0 aromatic carbocycles. The van der Waals surface area contributed by atoms with E-state index >= 15 is 0 Å². The lowest BCUT2D eigenvalue weighted by atomic mass is 10.1. The van der Waals surface area contributed by atoms with Crippen LogP contribution in [0.15, 0.2) is 12.2 Å². The van der Waals surface area contributed by atoms with Crippen molar-refractivity contribution in [3.8, 4) is 0 Å². The standard InChI is InChI=1S/C9H17NO/c1-9-3-6-10(7-4-9)5-2-8-11/h11H,1-8H2. The highest BCUT2D eigenvalue weighted by molar-refractivity contribution is 4.98. The zero-order valence-electron chi connectivity index (χ0n) is 7.05. The number of rotatable bonds is 3. The van der Waals surface area contributed by atoms with Gasteiger partial charge in [0, 0.05) is 26.2 Å². The number of nitrogens with zero attached hydrogens (tertiary/aromatic N) is 1. The molecule has 1 aliphatic heterocycles. The van der Waals surface area contributed by atoms with Crippen LogP contribution in [0.25, 0.3) is 0 Å². The van der Waals surface area contributed by atoms with E-state index < -0.39 is 0 Å². The molecular formula is C9H17NO. The second kappa shape index (κ2) is 4.52. The first-order chi connectivity index (χ1) is 5.33. The van der Waals surface area contributed by atoms with Gasteiger partial charge >= 0.3 is 0 Å². The molecule has 0 spiro atoms. The van der Waals surface area contributed by atoms with Crippen molar-refractivity contribution in [3.63, 3.8) is 0 Å². The fraction of sp³-hybridized carbons (Fsp3) is 0.778. The Balaban J connectivity index is 2.12. The molecule has 0 saturated carbocycles. The predicted molar refractivity (Wildman–Crippen MR) is 46.5 cm³/mol. The molecule has 1 aliphatic rings. The van der Waals surface area contributed by atoms with Gasteiger partial charge in [-0.25, -0.2) is 0 Å². The number of hydrogen-bond acceptors (Lipinski definition) is 2. The smallest absolute Gasteiger partial charge is 0.0443 e. The van der Waals surface area contributed by atoms with E-state index in [0.29, 0.717) is 6.61 Å². The fourth-order valence-corrected chi connectivity index (χ4v) is 1.39. The van der Waals surface area contributed by atoms with E-state index in [1.807, 2.05) is 0 Å². The highest BCUT2D eigenvalue weighted by atomic mass is 16.3. The zero-order chi connectivity index (χ0) is 8.10. The Kier molecular flexibility index (Phi) is 3.60. The summed E-state index contributed by atoms with van der Waals surface area (Å²) in [6.07, 6.45) is 3.20. The van der Waals surface area contributed by atoms with Gasteiger partial charge in [0.1, 0.15) is 0 Å². The van der Waals surface area contributed by atoms with Gasteiger partial charge in [0.2, 0.25) is 0 Å². The van der Waals surface area contributed by atoms with E-state index in [2.05, 4.69) is 11.5 Å². The van der Waals surface area contributed by atoms with E-state index in [1.54, 1.807) is 0 Å². The highest BCUT2D eigenvalue weighted by Crippen LogP contribution is 2.13. The van der Waals surface area contributed by atoms with Crippen LogP contribution in [0.3, 0.4) is 0 Å². The summed E-state index contributed by atoms with van der Waals surface area (Å²) in [6, 6.07) is 0. The van der Waals surface area contributed by atoms with Crippen LogP contribution < -0.4 is 0 Å². The van der Waals surface area contributed by atoms with Gasteiger partial charge in [-0.3, -0.25) is 0 Å². The highest BCUT2D eigenvalue weighted by Gasteiger charge is 2.10. The number of likely N-dealkylation sites (tertiary alicyclic amines) is 1. The van der Waals surface area contributed by atoms with Gasteiger partial charge in [0.05, 0.1) is 0 Å². The summed E-state index contributed by atoms with van der Waals surface area (Å²) in [6.45, 7) is 7.59. The lowest BCUT2D eigenvalue weighted by molar-refractivity contribution is 0.215. The molecule has 1 heterocycles. The third-order valence-electron chi connectivity index (χ3n) is 2.20. The van der Waals surface area contributed by atoms with Crippen LogP contribution in [0.4, 0.5) is 0 Å². The topological polar surface area (TPSA) is 23.5 Å². The average Bonchev–Trinajstić information content (AvgIpc) is 2.04. The Labute approximate surface area is 68.5 Å². The van der Waals surface area contributed by atoms with Crippen molar-refractivity contribution >= 4 is 0 Å². The van der Waals surface area contributed by atoms with Crippen molar-refractivity contribution < 1.29 is 5.11 Å². The molecule has 0 amide bonds. The van der Waals surface area contributed by atoms with Gasteiger partial charge in [-0.2, -0.15) is 0 Å². The summed E-state index contributed by atoms with van der Waals surface area (Å²) in [5.74, 6) is 0. The minimum Gasteiger partial charge on any atom is -0.396 e. The number of aliphatic hydroxyl groups excluding tert-OH is 1. The Morgan fingerprint density at radius 1 is 1.36 bits per heavy atom. The molecule has 2 nitrogen and oxygen atoms in total. The van der Waals surface area contributed by atoms with Gasteiger partial charge in [-0.15, -0.1) is 0 Å². The maximum Gasteiger partial charge on any atom is 0.0443 e. The Hall–Kier alpha value is -0.340. The maximum atomic E-state index is 8.60. The van der Waals surface area contributed by atoms with Crippen LogP contribution in [0.2, 0.25) is 0 Å². The molecule has 1 rings (SSSR count). The maximum absolute atomic E-state index is 8.60. The summed E-state index contributed by atoms with van der Waals surface area (Å²) < 4.78 is 0. The molecule has 2 heteroatoms. The number of hydrogen-bond donors (Lipinski definition) is 1. The lowest BCUT2D eigenvalue weighted by Crippen LogP contribution is -2.31. The molecule has 0 aromatic heterocycles. The van der Waals surface area contributed by atoms with E-state index in [1.165, 1.54) is 5.57 Å². The van der Waals surface area contributed by atoms with Crippen molar-refractivity contribution in [2.75, 3.05) is 26.2 Å². The monoisotopic (exact) mass is 155 g/mol. The quantitative estimate of drug-likeness (QED) is 0.615. The summed E-state index contributed by atoms with van der Waals surface area (Å²) in [5.41, 5.74) is 1.38. The van der Waals surface area contributed by atoms with E-state index in [4.69, 9.17) is 5.11 Å². The summed E-state index contributed by atoms with van der Waals surface area (Å²) in [7, 11) is 0. The first-order valence-electron chi connectivity index (χ1n) is 4.33. The minimum atomic E-state index is 0.317. The number of piperidine rings is 1. The predicted octanol–water partition coefficient (Wildman–Crippen LogP) is 1.02. The van der Waals surface area contributed by atoms with Gasteiger partial charge in [0.25, 0.3) is 0 Å². The normalized spacial score (nSPS) is 20.6. The Bertz CT molecular complexity index is 124. The molecule has 0 aromatic rings. The lowest BCUT2D eigenvalue weighted by Gasteiger charge is -2.27. The van der Waals surface area contributed by atoms with Gasteiger partial charge < -0.3 is 10.0 Å². The van der Waals surface area contributed by atoms with Gasteiger partial charge in [-0.1, -0.05) is 12.2 Å². The van der Waals surface area contributed by atoms with Gasteiger partial charge in [-0.05, 0) is 19.3 Å². The molecule has 11 heavy (non-hydrogen) atoms. The molecular weight excluding hydrogens is 138 g/mol. The fourth-order valence-electron chi connectivity index (χ4n) is 1.39. The van der Waals surface area contributed by atoms with Crippen LogP contribution in [0.5, 0.6) is 0 Å². The first-order valence-corrected chi connectivity index (χ1v) is 4.33. The van der Waals surface area contributed by atoms with Crippen molar-refractivity contribution in [1.29, 1.82) is 0 Å². The van der Waals surface area contributed by atoms with Crippen LogP contribution in [-0.2, 0) is 0 Å². The van der Waals surface area contributed by atoms with Crippen LogP contribution in [0.1, 0.15) is 19.3 Å². The minimum absolute atomic E-state index is 0.317. The first kappa shape index (κ1) is 8.75. The summed E-state index contributed by atoms with van der Waals surface area (Å²) in [4.78, 5) is 2.39. The molecule has 0 unspecified atom stereocenters. The average molecular weight is 155 g/mol. The zero-order valence-corrected chi connectivity index (χ0v) is 7.05. The summed E-state index contributed by atoms with van der Waals surface area (Å²) in [5, 5.41) is 8.60. The van der Waals surface area contributed by atoms with Gasteiger partial charge in [0.15, 0.2) is 0 Å². The molecule has 0 atom stereocenters. The molecule has 0 radical (unpaired) electrons. The van der Waals surface area contributed by atoms with Crippen molar-refractivity contribution in [3.05, 3.63) is 12.2 Å². The van der Waals surface area contributed by atoms with Crippen molar-refractivity contribution in [2.45, 2.75) is 19.3 Å². The molecule has 1 fully saturated rings. The second-order valence-corrected chi connectivity index (χ2v) is 3.17. The second-order valence-electron chi connectivity index (χ2n) is 3.17. The largest absolute Gasteiger partial charge is 0.396 e. The third-order valence-corrected chi connectivity index (χ3v) is 2.20. The molecule has 1 saturated heterocycles. The van der Waals surface area contributed by atoms with Crippen molar-refractivity contribution in [2.24, 2.45) is 0 Å². The Morgan fingerprint density at radius 2 is 2.00 bits per heavy atom. The molecule has 64 valence electrons. The van der Waals surface area contributed by atoms with E-state index in [9.17, 15) is 0 Å². The Morgan fingerprint density at radius 3 is 2.55 bits per heavy atom. The van der Waals surface area contributed by atoms with Crippen LogP contribution in [-0.4, -0.2) is 36.2 Å². The molecule has 0 bridgehead atoms. The van der Waals surface area contributed by atoms with E-state index in [-0.39, 0.29) is 0 Å². The SMILES string of the molecule is C=C1CCN(CCCO)CC1. The third kappa shape index (κ3) is 3.04. The van der Waals surface area contributed by atoms with Crippen molar-refractivity contribution in [1.82, 2.24) is 4.90 Å². The van der Waals surface area contributed by atoms with Crippen LogP contribution in [0, 0.1) is 0 Å². The molecule has 1 N–H and O–H groups in total. The molecule has 0 aliphatic carbocycles. The van der Waals surface area contributed by atoms with Crippen LogP contribution >= 0.6 is 0 Å². The van der Waals surface area contributed by atoms with E-state index in [0.717, 1.165) is 38.9 Å². The number of aliphatic hydroxyl groups is 1. The summed E-state index contributed by atoms with van der Waals surface area (Å²) >= 11 is 0.